The molecule has 0 saturated heterocycles. The number of hydrogen-bond acceptors (Lipinski definition) is 6. The molecular weight excluding hydrogens is 468 g/mol. The Morgan fingerprint density at radius 2 is 1.90 bits per heavy atom. The highest BCUT2D eigenvalue weighted by Crippen LogP contribution is 2.28. The van der Waals surface area contributed by atoms with E-state index in [0.29, 0.717) is 28.6 Å². The zero-order chi connectivity index (χ0) is 21.7. The number of ether oxygens (including phenoxy) is 2. The molecule has 0 saturated carbocycles. The van der Waals surface area contributed by atoms with E-state index in [1.54, 1.807) is 44.2 Å². The van der Waals surface area contributed by atoms with Crippen molar-refractivity contribution in [3.05, 3.63) is 52.5 Å². The molecule has 0 aliphatic heterocycles. The second kappa shape index (κ2) is 9.57. The Hall–Kier alpha value is -2.45. The molecule has 1 N–H and O–H groups in total. The average molecular weight is 491 g/mol. The van der Waals surface area contributed by atoms with Gasteiger partial charge in [-0.1, -0.05) is 40.6 Å². The summed E-state index contributed by atoms with van der Waals surface area (Å²) in [5, 5.41) is 3.26. The van der Waals surface area contributed by atoms with Gasteiger partial charge in [-0.2, -0.15) is 0 Å². The molecule has 6 nitrogen and oxygen atoms in total. The first-order valence-electron chi connectivity index (χ1n) is 9.62. The number of carbonyl (C=O) groups is 2. The van der Waals surface area contributed by atoms with Crippen molar-refractivity contribution < 1.29 is 19.1 Å². The van der Waals surface area contributed by atoms with Crippen LogP contribution >= 0.6 is 27.3 Å². The molecule has 0 bridgehead atoms. The van der Waals surface area contributed by atoms with Gasteiger partial charge in [0.25, 0.3) is 5.91 Å². The van der Waals surface area contributed by atoms with E-state index in [1.165, 1.54) is 11.3 Å². The van der Waals surface area contributed by atoms with Gasteiger partial charge in [-0.05, 0) is 62.7 Å². The van der Waals surface area contributed by atoms with E-state index in [4.69, 9.17) is 9.47 Å². The van der Waals surface area contributed by atoms with Crippen LogP contribution in [0.15, 0.2) is 46.9 Å². The number of fused-ring (bicyclic) bond motifs is 1. The van der Waals surface area contributed by atoms with E-state index in [9.17, 15) is 9.59 Å². The third kappa shape index (κ3) is 5.58. The van der Waals surface area contributed by atoms with Crippen LogP contribution in [0.5, 0.6) is 5.75 Å². The molecule has 0 unspecified atom stereocenters. The predicted molar refractivity (Wildman–Crippen MR) is 122 cm³/mol. The van der Waals surface area contributed by atoms with Crippen molar-refractivity contribution in [2.24, 2.45) is 0 Å². The molecule has 3 aromatic rings. The maximum atomic E-state index is 12.8. The standard InChI is InChI=1S/C22H23BrN2O4S/c1-4-5-12-28-19(26)14-6-11-17-18(13-14)30-21(24-17)25-20(27)22(2,3)29-16-9-7-15(23)8-10-16/h6-11,13H,4-5,12H2,1-3H3,(H,24,25,27). The van der Waals surface area contributed by atoms with Crippen molar-refractivity contribution in [1.82, 2.24) is 4.98 Å². The number of nitrogens with one attached hydrogen (secondary N) is 1. The van der Waals surface area contributed by atoms with Gasteiger partial charge < -0.3 is 9.47 Å². The number of hydrogen-bond donors (Lipinski definition) is 1. The van der Waals surface area contributed by atoms with Crippen molar-refractivity contribution >= 4 is 54.5 Å². The number of nitrogens with zero attached hydrogens (tertiary/aromatic N) is 1. The topological polar surface area (TPSA) is 77.5 Å². The van der Waals surface area contributed by atoms with E-state index in [-0.39, 0.29) is 11.9 Å². The number of benzene rings is 2. The Labute approximate surface area is 187 Å². The molecule has 8 heteroatoms. The molecule has 0 spiro atoms. The summed E-state index contributed by atoms with van der Waals surface area (Å²) in [5.41, 5.74) is 0.0750. The third-order valence-electron chi connectivity index (χ3n) is 4.31. The maximum absolute atomic E-state index is 12.8. The van der Waals surface area contributed by atoms with Gasteiger partial charge in [0.2, 0.25) is 0 Å². The van der Waals surface area contributed by atoms with Gasteiger partial charge in [-0.15, -0.1) is 0 Å². The molecule has 2 aromatic carbocycles. The molecule has 0 atom stereocenters. The summed E-state index contributed by atoms with van der Waals surface area (Å²) in [6.45, 7) is 5.84. The van der Waals surface area contributed by atoms with Crippen LogP contribution in [0.1, 0.15) is 44.0 Å². The van der Waals surface area contributed by atoms with Crippen LogP contribution in [0.3, 0.4) is 0 Å². The summed E-state index contributed by atoms with van der Waals surface area (Å²) < 4.78 is 12.8. The Bertz CT molecular complexity index is 1050. The third-order valence-corrected chi connectivity index (χ3v) is 5.77. The average Bonchev–Trinajstić information content (AvgIpc) is 3.11. The number of carbonyl (C=O) groups excluding carboxylic acids is 2. The smallest absolute Gasteiger partial charge is 0.338 e. The van der Waals surface area contributed by atoms with Gasteiger partial charge >= 0.3 is 5.97 Å². The van der Waals surface area contributed by atoms with Crippen molar-refractivity contribution in [2.45, 2.75) is 39.2 Å². The van der Waals surface area contributed by atoms with Crippen LogP contribution in [0.25, 0.3) is 10.2 Å². The van der Waals surface area contributed by atoms with Gasteiger partial charge in [-0.25, -0.2) is 9.78 Å². The Balaban J connectivity index is 1.69. The lowest BCUT2D eigenvalue weighted by molar-refractivity contribution is -0.128. The molecule has 0 aliphatic carbocycles. The van der Waals surface area contributed by atoms with Gasteiger partial charge in [-0.3, -0.25) is 10.1 Å². The van der Waals surface area contributed by atoms with Crippen molar-refractivity contribution in [3.8, 4) is 5.75 Å². The summed E-state index contributed by atoms with van der Waals surface area (Å²) >= 11 is 4.67. The fraction of sp³-hybridized carbons (Fsp3) is 0.318. The first-order valence-corrected chi connectivity index (χ1v) is 11.2. The quantitative estimate of drug-likeness (QED) is 0.318. The molecule has 158 valence electrons. The number of rotatable bonds is 8. The molecule has 0 radical (unpaired) electrons. The van der Waals surface area contributed by atoms with Crippen molar-refractivity contribution in [3.63, 3.8) is 0 Å². The summed E-state index contributed by atoms with van der Waals surface area (Å²) in [6, 6.07) is 12.4. The van der Waals surface area contributed by atoms with Crippen molar-refractivity contribution in [1.29, 1.82) is 0 Å². The van der Waals surface area contributed by atoms with E-state index >= 15 is 0 Å². The number of amides is 1. The lowest BCUT2D eigenvalue weighted by Gasteiger charge is -2.24. The minimum absolute atomic E-state index is 0.316. The Morgan fingerprint density at radius 3 is 2.60 bits per heavy atom. The van der Waals surface area contributed by atoms with Crippen LogP contribution in [0.2, 0.25) is 0 Å². The number of thiazole rings is 1. The number of esters is 1. The highest BCUT2D eigenvalue weighted by molar-refractivity contribution is 9.10. The van der Waals surface area contributed by atoms with Gasteiger partial charge in [0.15, 0.2) is 10.7 Å². The maximum Gasteiger partial charge on any atom is 0.338 e. The summed E-state index contributed by atoms with van der Waals surface area (Å²) in [4.78, 5) is 29.3. The van der Waals surface area contributed by atoms with Crippen LogP contribution in [0.4, 0.5) is 5.13 Å². The molecule has 1 heterocycles. The van der Waals surface area contributed by atoms with Crippen molar-refractivity contribution in [2.75, 3.05) is 11.9 Å². The first-order chi connectivity index (χ1) is 14.3. The number of halogens is 1. The van der Waals surface area contributed by atoms with Crippen LogP contribution in [-0.4, -0.2) is 29.1 Å². The highest BCUT2D eigenvalue weighted by Gasteiger charge is 2.31. The lowest BCUT2D eigenvalue weighted by Crippen LogP contribution is -2.42. The normalized spacial score (nSPS) is 11.3. The lowest BCUT2D eigenvalue weighted by atomic mass is 10.1. The van der Waals surface area contributed by atoms with Gasteiger partial charge in [0.05, 0.1) is 22.4 Å². The van der Waals surface area contributed by atoms with Crippen LogP contribution in [0, 0.1) is 0 Å². The number of anilines is 1. The molecule has 1 amide bonds. The first kappa shape index (κ1) is 22.2. The second-order valence-corrected chi connectivity index (χ2v) is 9.16. The predicted octanol–water partition coefficient (Wildman–Crippen LogP) is 5.81. The Morgan fingerprint density at radius 1 is 1.17 bits per heavy atom. The molecule has 3 rings (SSSR count). The SMILES string of the molecule is CCCCOC(=O)c1ccc2nc(NC(=O)C(C)(C)Oc3ccc(Br)cc3)sc2c1. The number of unbranched alkanes of at least 4 members (excludes halogenated alkanes) is 1. The molecule has 1 aromatic heterocycles. The van der Waals surface area contributed by atoms with E-state index < -0.39 is 5.60 Å². The number of aromatic nitrogens is 1. The minimum atomic E-state index is -1.10. The second-order valence-electron chi connectivity index (χ2n) is 7.21. The van der Waals surface area contributed by atoms with E-state index in [2.05, 4.69) is 26.2 Å². The molecule has 0 fully saturated rings. The van der Waals surface area contributed by atoms with Gasteiger partial charge in [0, 0.05) is 4.47 Å². The molecular formula is C22H23BrN2O4S. The monoisotopic (exact) mass is 490 g/mol. The fourth-order valence-electron chi connectivity index (χ4n) is 2.59. The largest absolute Gasteiger partial charge is 0.478 e. The summed E-state index contributed by atoms with van der Waals surface area (Å²) in [6.07, 6.45) is 1.80. The van der Waals surface area contributed by atoms with Gasteiger partial charge in [0.1, 0.15) is 5.75 Å². The minimum Gasteiger partial charge on any atom is -0.478 e. The van der Waals surface area contributed by atoms with Crippen LogP contribution in [-0.2, 0) is 9.53 Å². The van der Waals surface area contributed by atoms with E-state index in [0.717, 1.165) is 22.0 Å². The summed E-state index contributed by atoms with van der Waals surface area (Å²) in [7, 11) is 0. The fourth-order valence-corrected chi connectivity index (χ4v) is 3.75. The van der Waals surface area contributed by atoms with E-state index in [1.807, 2.05) is 19.1 Å². The zero-order valence-corrected chi connectivity index (χ0v) is 19.4. The van der Waals surface area contributed by atoms with Crippen LogP contribution < -0.4 is 10.1 Å². The molecule has 30 heavy (non-hydrogen) atoms. The summed E-state index contributed by atoms with van der Waals surface area (Å²) in [5.74, 6) is -0.0779. The Kier molecular flexibility index (Phi) is 7.10. The highest BCUT2D eigenvalue weighted by atomic mass is 79.9. The zero-order valence-electron chi connectivity index (χ0n) is 17.0. The molecule has 0 aliphatic rings.